The molecule has 0 amide bonds. The summed E-state index contributed by atoms with van der Waals surface area (Å²) in [5.74, 6) is -3.74. The Labute approximate surface area is 198 Å². The summed E-state index contributed by atoms with van der Waals surface area (Å²) in [4.78, 5) is 39.4. The number of phenols is 1. The van der Waals surface area contributed by atoms with E-state index >= 15 is 0 Å². The zero-order chi connectivity index (χ0) is 25.2. The van der Waals surface area contributed by atoms with Gasteiger partial charge in [-0.05, 0) is 43.4 Å². The number of esters is 2. The van der Waals surface area contributed by atoms with Gasteiger partial charge < -0.3 is 29.4 Å². The second-order valence-corrected chi connectivity index (χ2v) is 8.45. The maximum atomic E-state index is 13.7. The van der Waals surface area contributed by atoms with E-state index in [1.807, 2.05) is 13.8 Å². The molecule has 0 aromatic heterocycles. The molecule has 1 aromatic carbocycles. The first-order chi connectivity index (χ1) is 16.2. The van der Waals surface area contributed by atoms with Crippen molar-refractivity contribution in [2.75, 3.05) is 27.9 Å². The highest BCUT2D eigenvalue weighted by Gasteiger charge is 2.47. The van der Waals surface area contributed by atoms with E-state index < -0.39 is 29.6 Å². The van der Waals surface area contributed by atoms with Gasteiger partial charge in [0, 0.05) is 22.9 Å². The molecule has 0 unspecified atom stereocenters. The lowest BCUT2D eigenvalue weighted by molar-refractivity contribution is -0.151. The smallest absolute Gasteiger partial charge is 0.336 e. The number of dihydropyridines is 1. The van der Waals surface area contributed by atoms with Crippen molar-refractivity contribution in [3.8, 4) is 17.2 Å². The van der Waals surface area contributed by atoms with Crippen molar-refractivity contribution in [1.82, 2.24) is 5.32 Å². The summed E-state index contributed by atoms with van der Waals surface area (Å²) < 4.78 is 21.0. The Hall–Kier alpha value is -3.49. The summed E-state index contributed by atoms with van der Waals surface area (Å²) in [5, 5.41) is 13.6. The minimum atomic E-state index is -1.000. The average molecular weight is 474 g/mol. The van der Waals surface area contributed by atoms with Crippen LogP contribution in [0.5, 0.6) is 17.2 Å². The molecular weight excluding hydrogens is 442 g/mol. The van der Waals surface area contributed by atoms with Crippen LogP contribution < -0.4 is 14.8 Å². The lowest BCUT2D eigenvalue weighted by Crippen LogP contribution is -2.43. The van der Waals surface area contributed by atoms with Gasteiger partial charge in [0.1, 0.15) is 5.92 Å². The van der Waals surface area contributed by atoms with Crippen LogP contribution in [0.1, 0.15) is 45.1 Å². The minimum Gasteiger partial charge on any atom is -0.502 e. The van der Waals surface area contributed by atoms with Gasteiger partial charge in [0.05, 0.1) is 33.5 Å². The van der Waals surface area contributed by atoms with Crippen LogP contribution in [0.2, 0.25) is 0 Å². The number of aromatic hydroxyl groups is 1. The van der Waals surface area contributed by atoms with Crippen LogP contribution in [0.4, 0.5) is 0 Å². The third-order valence-corrected chi connectivity index (χ3v) is 6.24. The SMILES string of the molecule is CCCOC(=O)C1=C(C)NC2=C(C(=O)[C@@H](C(=O)OC)[C@@H](C)C2)[C@@H]1c1cc(OC)c(O)c(OC)c1. The van der Waals surface area contributed by atoms with Crippen LogP contribution in [-0.4, -0.2) is 50.8 Å². The molecule has 1 aliphatic carbocycles. The fraction of sp³-hybridized carbons (Fsp3) is 0.480. The highest BCUT2D eigenvalue weighted by Crippen LogP contribution is 2.48. The molecule has 0 saturated carbocycles. The second-order valence-electron chi connectivity index (χ2n) is 8.45. The molecule has 34 heavy (non-hydrogen) atoms. The van der Waals surface area contributed by atoms with Crippen LogP contribution >= 0.6 is 0 Å². The summed E-state index contributed by atoms with van der Waals surface area (Å²) in [6.07, 6.45) is 1.05. The molecule has 3 rings (SSSR count). The molecule has 1 aliphatic heterocycles. The Morgan fingerprint density at radius 2 is 1.76 bits per heavy atom. The fourth-order valence-electron chi connectivity index (χ4n) is 4.64. The predicted octanol–water partition coefficient (Wildman–Crippen LogP) is 2.98. The highest BCUT2D eigenvalue weighted by atomic mass is 16.5. The van der Waals surface area contributed by atoms with Crippen LogP contribution in [0, 0.1) is 11.8 Å². The lowest BCUT2D eigenvalue weighted by atomic mass is 9.69. The summed E-state index contributed by atoms with van der Waals surface area (Å²) in [7, 11) is 4.03. The first-order valence-electron chi connectivity index (χ1n) is 11.1. The first-order valence-corrected chi connectivity index (χ1v) is 11.1. The van der Waals surface area contributed by atoms with Gasteiger partial charge in [0.2, 0.25) is 5.75 Å². The topological polar surface area (TPSA) is 120 Å². The van der Waals surface area contributed by atoms with Gasteiger partial charge in [-0.25, -0.2) is 4.79 Å². The quantitative estimate of drug-likeness (QED) is 0.455. The molecule has 0 saturated heterocycles. The van der Waals surface area contributed by atoms with Gasteiger partial charge in [-0.3, -0.25) is 9.59 Å². The highest BCUT2D eigenvalue weighted by molar-refractivity contribution is 6.12. The second kappa shape index (κ2) is 10.2. The fourth-order valence-corrected chi connectivity index (χ4v) is 4.64. The van der Waals surface area contributed by atoms with E-state index in [2.05, 4.69) is 5.32 Å². The van der Waals surface area contributed by atoms with E-state index in [1.54, 1.807) is 19.1 Å². The van der Waals surface area contributed by atoms with Gasteiger partial charge >= 0.3 is 11.9 Å². The number of carbonyl (C=O) groups is 3. The lowest BCUT2D eigenvalue weighted by Gasteiger charge is -2.38. The van der Waals surface area contributed by atoms with Crippen LogP contribution in [0.25, 0.3) is 0 Å². The number of rotatable bonds is 7. The van der Waals surface area contributed by atoms with Gasteiger partial charge in [-0.2, -0.15) is 0 Å². The minimum absolute atomic E-state index is 0.120. The normalized spacial score (nSPS) is 22.1. The van der Waals surface area contributed by atoms with Crippen molar-refractivity contribution in [2.45, 2.75) is 39.5 Å². The van der Waals surface area contributed by atoms with Gasteiger partial charge in [0.25, 0.3) is 0 Å². The third-order valence-electron chi connectivity index (χ3n) is 6.24. The molecule has 184 valence electrons. The monoisotopic (exact) mass is 473 g/mol. The molecule has 1 aromatic rings. The number of carbonyl (C=O) groups excluding carboxylic acids is 3. The Morgan fingerprint density at radius 1 is 1.15 bits per heavy atom. The molecule has 9 nitrogen and oxygen atoms in total. The molecule has 9 heteroatoms. The van der Waals surface area contributed by atoms with Crippen LogP contribution in [0.15, 0.2) is 34.7 Å². The number of hydrogen-bond acceptors (Lipinski definition) is 9. The van der Waals surface area contributed by atoms with Gasteiger partial charge in [-0.1, -0.05) is 13.8 Å². The van der Waals surface area contributed by atoms with Crippen LogP contribution in [0.3, 0.4) is 0 Å². The van der Waals surface area contributed by atoms with E-state index in [4.69, 9.17) is 18.9 Å². The molecule has 1 heterocycles. The number of Topliss-reactive ketones (excluding diaryl/α,β-unsaturated/α-hetero) is 1. The molecule has 0 bridgehead atoms. The molecule has 0 fully saturated rings. The number of ether oxygens (including phenoxy) is 4. The maximum absolute atomic E-state index is 13.7. The largest absolute Gasteiger partial charge is 0.502 e. The van der Waals surface area contributed by atoms with Crippen molar-refractivity contribution >= 4 is 17.7 Å². The summed E-state index contributed by atoms with van der Waals surface area (Å²) in [6.45, 7) is 5.66. The standard InChI is InChI=1S/C25H31NO8/c1-7-8-34-25(30)19-13(3)26-15-9-12(2)18(24(29)33-6)23(28)21(15)20(19)14-10-16(31-4)22(27)17(11-14)32-5/h10-12,18,20,26-27H,7-9H2,1-6H3/t12-,18-,20+/m0/s1. The van der Waals surface area contributed by atoms with Gasteiger partial charge in [0.15, 0.2) is 17.3 Å². The van der Waals surface area contributed by atoms with Crippen LogP contribution in [-0.2, 0) is 23.9 Å². The number of allylic oxidation sites excluding steroid dienone is 3. The number of methoxy groups -OCH3 is 3. The number of ketones is 1. The molecule has 0 radical (unpaired) electrons. The van der Waals surface area contributed by atoms with Crippen molar-refractivity contribution in [3.05, 3.63) is 40.2 Å². The molecule has 3 atom stereocenters. The van der Waals surface area contributed by atoms with E-state index in [1.165, 1.54) is 21.3 Å². The van der Waals surface area contributed by atoms with E-state index in [0.717, 1.165) is 0 Å². The van der Waals surface area contributed by atoms with Crippen molar-refractivity contribution < 1.29 is 38.4 Å². The number of nitrogens with one attached hydrogen (secondary N) is 1. The summed E-state index contributed by atoms with van der Waals surface area (Å²) in [6, 6.07) is 3.11. The van der Waals surface area contributed by atoms with Crippen molar-refractivity contribution in [3.63, 3.8) is 0 Å². The first kappa shape index (κ1) is 25.1. The zero-order valence-corrected chi connectivity index (χ0v) is 20.3. The van der Waals surface area contributed by atoms with Gasteiger partial charge in [-0.15, -0.1) is 0 Å². The van der Waals surface area contributed by atoms with E-state index in [0.29, 0.717) is 29.8 Å². The Balaban J connectivity index is 2.26. The maximum Gasteiger partial charge on any atom is 0.336 e. The molecule has 2 aliphatic rings. The predicted molar refractivity (Wildman–Crippen MR) is 122 cm³/mol. The molecule has 0 spiro atoms. The number of phenolic OH excluding ortho intramolecular Hbond substituents is 1. The summed E-state index contributed by atoms with van der Waals surface area (Å²) >= 11 is 0. The number of benzene rings is 1. The van der Waals surface area contributed by atoms with E-state index in [9.17, 15) is 19.5 Å². The number of hydrogen-bond donors (Lipinski definition) is 2. The van der Waals surface area contributed by atoms with Crippen molar-refractivity contribution in [1.29, 1.82) is 0 Å². The Bertz CT molecular complexity index is 1050. The third kappa shape index (κ3) is 4.34. The molecular formula is C25H31NO8. The zero-order valence-electron chi connectivity index (χ0n) is 20.3. The van der Waals surface area contributed by atoms with E-state index in [-0.39, 0.29) is 40.9 Å². The average Bonchev–Trinajstić information content (AvgIpc) is 2.81. The molecule has 2 N–H and O–H groups in total. The Morgan fingerprint density at radius 3 is 2.29 bits per heavy atom. The Kier molecular flexibility index (Phi) is 7.54. The summed E-state index contributed by atoms with van der Waals surface area (Å²) in [5.41, 5.74) is 2.20. The van der Waals surface area contributed by atoms with Crippen molar-refractivity contribution in [2.24, 2.45) is 11.8 Å².